The van der Waals surface area contributed by atoms with E-state index in [0.717, 1.165) is 12.1 Å². The van der Waals surface area contributed by atoms with Crippen LogP contribution in [0.15, 0.2) is 36.8 Å². The predicted octanol–water partition coefficient (Wildman–Crippen LogP) is 2.74. The van der Waals surface area contributed by atoms with Crippen LogP contribution in [0.2, 0.25) is 0 Å². The van der Waals surface area contributed by atoms with Crippen molar-refractivity contribution in [3.8, 4) is 11.1 Å². The van der Waals surface area contributed by atoms with Crippen LogP contribution in [0.4, 0.5) is 19.0 Å². The Bertz CT molecular complexity index is 537. The van der Waals surface area contributed by atoms with Crippen molar-refractivity contribution in [2.45, 2.75) is 6.18 Å². The second-order valence-corrected chi connectivity index (χ2v) is 3.40. The standard InChI is InChI=1S/C11H8F3N3/c12-11(13,14)8-3-1-2-7(4-8)9-5-16-6-17-10(9)15/h1-6H,(H2,15,16,17). The summed E-state index contributed by atoms with van der Waals surface area (Å²) in [5.74, 6) is 0.152. The van der Waals surface area contributed by atoms with Gasteiger partial charge < -0.3 is 5.73 Å². The van der Waals surface area contributed by atoms with Crippen molar-refractivity contribution in [1.29, 1.82) is 0 Å². The highest BCUT2D eigenvalue weighted by molar-refractivity contribution is 5.73. The Morgan fingerprint density at radius 2 is 1.94 bits per heavy atom. The lowest BCUT2D eigenvalue weighted by Crippen LogP contribution is -2.05. The largest absolute Gasteiger partial charge is 0.416 e. The summed E-state index contributed by atoms with van der Waals surface area (Å²) in [4.78, 5) is 7.47. The minimum atomic E-state index is -4.37. The van der Waals surface area contributed by atoms with Crippen molar-refractivity contribution in [3.63, 3.8) is 0 Å². The number of nitrogen functional groups attached to an aromatic ring is 1. The topological polar surface area (TPSA) is 51.8 Å². The van der Waals surface area contributed by atoms with E-state index in [1.54, 1.807) is 0 Å². The maximum Gasteiger partial charge on any atom is 0.416 e. The van der Waals surface area contributed by atoms with Crippen LogP contribution in [-0.4, -0.2) is 9.97 Å². The summed E-state index contributed by atoms with van der Waals surface area (Å²) >= 11 is 0. The Balaban J connectivity index is 2.51. The number of alkyl halides is 3. The van der Waals surface area contributed by atoms with Gasteiger partial charge in [-0.1, -0.05) is 12.1 Å². The van der Waals surface area contributed by atoms with Crippen molar-refractivity contribution in [3.05, 3.63) is 42.4 Å². The minimum absolute atomic E-state index is 0.152. The number of aromatic nitrogens is 2. The average molecular weight is 239 g/mol. The van der Waals surface area contributed by atoms with Gasteiger partial charge >= 0.3 is 6.18 Å². The highest BCUT2D eigenvalue weighted by Crippen LogP contribution is 2.32. The van der Waals surface area contributed by atoms with Crippen molar-refractivity contribution in [1.82, 2.24) is 9.97 Å². The van der Waals surface area contributed by atoms with E-state index in [1.807, 2.05) is 0 Å². The summed E-state index contributed by atoms with van der Waals surface area (Å²) in [6.07, 6.45) is -1.75. The molecule has 0 aliphatic rings. The summed E-state index contributed by atoms with van der Waals surface area (Å²) < 4.78 is 37.6. The number of rotatable bonds is 1. The van der Waals surface area contributed by atoms with Crippen LogP contribution >= 0.6 is 0 Å². The maximum atomic E-state index is 12.5. The van der Waals surface area contributed by atoms with E-state index in [9.17, 15) is 13.2 Å². The Kier molecular flexibility index (Phi) is 2.71. The van der Waals surface area contributed by atoms with E-state index in [4.69, 9.17) is 5.73 Å². The first kappa shape index (κ1) is 11.4. The number of hydrogen-bond donors (Lipinski definition) is 1. The summed E-state index contributed by atoms with van der Waals surface area (Å²) in [5, 5.41) is 0. The summed E-state index contributed by atoms with van der Waals surface area (Å²) in [6.45, 7) is 0. The van der Waals surface area contributed by atoms with E-state index in [0.29, 0.717) is 11.1 Å². The molecule has 0 saturated carbocycles. The van der Waals surface area contributed by atoms with Crippen LogP contribution in [0.3, 0.4) is 0 Å². The van der Waals surface area contributed by atoms with Crippen molar-refractivity contribution >= 4 is 5.82 Å². The number of halogens is 3. The lowest BCUT2D eigenvalue weighted by Gasteiger charge is -2.09. The van der Waals surface area contributed by atoms with Gasteiger partial charge in [0.25, 0.3) is 0 Å². The molecule has 2 N–H and O–H groups in total. The highest BCUT2D eigenvalue weighted by Gasteiger charge is 2.30. The van der Waals surface area contributed by atoms with Crippen LogP contribution in [0, 0.1) is 0 Å². The fourth-order valence-electron chi connectivity index (χ4n) is 1.42. The minimum Gasteiger partial charge on any atom is -0.383 e. The van der Waals surface area contributed by atoms with E-state index in [2.05, 4.69) is 9.97 Å². The van der Waals surface area contributed by atoms with Crippen molar-refractivity contribution in [2.75, 3.05) is 5.73 Å². The van der Waals surface area contributed by atoms with E-state index >= 15 is 0 Å². The van der Waals surface area contributed by atoms with Crippen molar-refractivity contribution < 1.29 is 13.2 Å². The zero-order chi connectivity index (χ0) is 12.5. The molecule has 0 amide bonds. The number of anilines is 1. The van der Waals surface area contributed by atoms with Gasteiger partial charge in [0.05, 0.1) is 5.56 Å². The van der Waals surface area contributed by atoms with Crippen LogP contribution in [0.1, 0.15) is 5.56 Å². The molecule has 0 fully saturated rings. The molecule has 0 aliphatic heterocycles. The van der Waals surface area contributed by atoms with Gasteiger partial charge in [0.1, 0.15) is 12.1 Å². The number of benzene rings is 1. The lowest BCUT2D eigenvalue weighted by molar-refractivity contribution is -0.137. The normalized spacial score (nSPS) is 11.5. The number of hydrogen-bond acceptors (Lipinski definition) is 3. The first-order valence-electron chi connectivity index (χ1n) is 4.71. The van der Waals surface area contributed by atoms with Gasteiger partial charge in [-0.3, -0.25) is 0 Å². The third-order valence-corrected chi connectivity index (χ3v) is 2.24. The molecule has 2 rings (SSSR count). The summed E-state index contributed by atoms with van der Waals surface area (Å²) in [5.41, 5.74) is 5.59. The van der Waals surface area contributed by atoms with Gasteiger partial charge in [0, 0.05) is 11.8 Å². The molecule has 0 radical (unpaired) electrons. The zero-order valence-corrected chi connectivity index (χ0v) is 8.57. The fourth-order valence-corrected chi connectivity index (χ4v) is 1.42. The predicted molar refractivity (Wildman–Crippen MR) is 56.9 cm³/mol. The molecule has 0 atom stereocenters. The van der Waals surface area contributed by atoms with Gasteiger partial charge in [-0.2, -0.15) is 13.2 Å². The molecular formula is C11H8F3N3. The van der Waals surface area contributed by atoms with Gasteiger partial charge in [-0.25, -0.2) is 9.97 Å². The number of nitrogens with zero attached hydrogens (tertiary/aromatic N) is 2. The highest BCUT2D eigenvalue weighted by atomic mass is 19.4. The van der Waals surface area contributed by atoms with Gasteiger partial charge in [-0.05, 0) is 17.7 Å². The molecule has 2 aromatic rings. The molecular weight excluding hydrogens is 231 g/mol. The maximum absolute atomic E-state index is 12.5. The Morgan fingerprint density at radius 3 is 2.59 bits per heavy atom. The van der Waals surface area contributed by atoms with Gasteiger partial charge in [0.2, 0.25) is 0 Å². The molecule has 1 aromatic heterocycles. The quantitative estimate of drug-likeness (QED) is 0.832. The molecule has 17 heavy (non-hydrogen) atoms. The van der Waals surface area contributed by atoms with Crippen LogP contribution in [0.5, 0.6) is 0 Å². The van der Waals surface area contributed by atoms with Crippen molar-refractivity contribution in [2.24, 2.45) is 0 Å². The fraction of sp³-hybridized carbons (Fsp3) is 0.0909. The first-order chi connectivity index (χ1) is 7.98. The smallest absolute Gasteiger partial charge is 0.383 e. The summed E-state index contributed by atoms with van der Waals surface area (Å²) in [6, 6.07) is 4.88. The van der Waals surface area contributed by atoms with Crippen LogP contribution < -0.4 is 5.73 Å². The first-order valence-corrected chi connectivity index (χ1v) is 4.71. The molecule has 0 saturated heterocycles. The average Bonchev–Trinajstić information content (AvgIpc) is 2.29. The molecule has 1 heterocycles. The second-order valence-electron chi connectivity index (χ2n) is 3.40. The molecule has 3 nitrogen and oxygen atoms in total. The molecule has 0 unspecified atom stereocenters. The van der Waals surface area contributed by atoms with Gasteiger partial charge in [0.15, 0.2) is 0 Å². The monoisotopic (exact) mass is 239 g/mol. The molecule has 0 spiro atoms. The third kappa shape index (κ3) is 2.35. The molecule has 0 bridgehead atoms. The molecule has 88 valence electrons. The van der Waals surface area contributed by atoms with E-state index in [1.165, 1.54) is 24.7 Å². The summed E-state index contributed by atoms with van der Waals surface area (Å²) in [7, 11) is 0. The molecule has 6 heteroatoms. The third-order valence-electron chi connectivity index (χ3n) is 2.24. The van der Waals surface area contributed by atoms with Crippen LogP contribution in [-0.2, 0) is 6.18 Å². The van der Waals surface area contributed by atoms with Crippen LogP contribution in [0.25, 0.3) is 11.1 Å². The SMILES string of the molecule is Nc1ncncc1-c1cccc(C(F)(F)F)c1. The number of nitrogens with two attached hydrogens (primary N) is 1. The molecule has 1 aromatic carbocycles. The molecule has 0 aliphatic carbocycles. The van der Waals surface area contributed by atoms with E-state index < -0.39 is 11.7 Å². The zero-order valence-electron chi connectivity index (χ0n) is 8.57. The second kappa shape index (κ2) is 4.04. The van der Waals surface area contributed by atoms with E-state index in [-0.39, 0.29) is 5.82 Å². The Hall–Kier alpha value is -2.11. The Morgan fingerprint density at radius 1 is 1.18 bits per heavy atom. The van der Waals surface area contributed by atoms with Gasteiger partial charge in [-0.15, -0.1) is 0 Å². The lowest BCUT2D eigenvalue weighted by atomic mass is 10.0. The Labute approximate surface area is 95.1 Å².